The molecule has 0 unspecified atom stereocenters. The minimum Gasteiger partial charge on any atom is -0.491 e. The molecule has 2 nitrogen and oxygen atoms in total. The van der Waals surface area contributed by atoms with Crippen LogP contribution in [-0.2, 0) is 10.8 Å². The number of benzene rings is 3. The van der Waals surface area contributed by atoms with Crippen LogP contribution in [-0.4, -0.2) is 21.5 Å². The molecular formula is C32H44O2Si. The highest BCUT2D eigenvalue weighted by atomic mass is 28.4. The topological polar surface area (TPSA) is 18.5 Å². The summed E-state index contributed by atoms with van der Waals surface area (Å²) in [6.07, 6.45) is 9.17. The van der Waals surface area contributed by atoms with Gasteiger partial charge in [0.25, 0.3) is 8.32 Å². The van der Waals surface area contributed by atoms with Crippen LogP contribution in [0.25, 0.3) is 0 Å². The quantitative estimate of drug-likeness (QED) is 0.172. The zero-order valence-electron chi connectivity index (χ0n) is 22.3. The number of aryl methyl sites for hydroxylation is 1. The minimum atomic E-state index is -2.50. The van der Waals surface area contributed by atoms with E-state index in [1.807, 2.05) is 0 Å². The first-order valence-electron chi connectivity index (χ1n) is 13.4. The van der Waals surface area contributed by atoms with Gasteiger partial charge in [-0.2, -0.15) is 0 Å². The first-order valence-corrected chi connectivity index (χ1v) is 15.3. The van der Waals surface area contributed by atoms with Gasteiger partial charge in [-0.05, 0) is 45.9 Å². The van der Waals surface area contributed by atoms with E-state index in [9.17, 15) is 0 Å². The molecule has 3 aromatic rings. The Morgan fingerprint density at radius 3 is 1.71 bits per heavy atom. The van der Waals surface area contributed by atoms with Gasteiger partial charge in [-0.3, -0.25) is 0 Å². The zero-order valence-corrected chi connectivity index (χ0v) is 23.3. The van der Waals surface area contributed by atoms with E-state index < -0.39 is 8.32 Å². The highest BCUT2D eigenvalue weighted by Gasteiger charge is 2.50. The fraction of sp³-hybridized carbons (Fsp3) is 0.438. The third-order valence-corrected chi connectivity index (χ3v) is 11.9. The van der Waals surface area contributed by atoms with Crippen molar-refractivity contribution in [1.82, 2.24) is 0 Å². The maximum Gasteiger partial charge on any atom is 0.261 e. The molecule has 0 amide bonds. The molecule has 0 radical (unpaired) electrons. The third kappa shape index (κ3) is 7.56. The van der Waals surface area contributed by atoms with Crippen LogP contribution in [0.4, 0.5) is 0 Å². The van der Waals surface area contributed by atoms with Crippen LogP contribution in [0.15, 0.2) is 84.9 Å². The second kappa shape index (κ2) is 13.7. The number of hydrogen-bond acceptors (Lipinski definition) is 2. The highest BCUT2D eigenvalue weighted by molar-refractivity contribution is 6.99. The molecule has 0 saturated carbocycles. The van der Waals surface area contributed by atoms with Crippen LogP contribution >= 0.6 is 0 Å². The Morgan fingerprint density at radius 2 is 1.17 bits per heavy atom. The number of hydrogen-bond donors (Lipinski definition) is 0. The molecule has 0 N–H and O–H groups in total. The van der Waals surface area contributed by atoms with Gasteiger partial charge in [0.15, 0.2) is 0 Å². The summed E-state index contributed by atoms with van der Waals surface area (Å²) in [4.78, 5) is 0. The molecule has 188 valence electrons. The lowest BCUT2D eigenvalue weighted by Gasteiger charge is -2.43. The predicted octanol–water partition coefficient (Wildman–Crippen LogP) is 7.55. The molecule has 0 spiro atoms. The molecule has 0 aliphatic heterocycles. The predicted molar refractivity (Wildman–Crippen MR) is 153 cm³/mol. The molecule has 0 heterocycles. The number of rotatable bonds is 14. The molecular weight excluding hydrogens is 444 g/mol. The maximum absolute atomic E-state index is 6.92. The van der Waals surface area contributed by atoms with E-state index in [2.05, 4.69) is 113 Å². The molecule has 0 aromatic heterocycles. The second-order valence-corrected chi connectivity index (χ2v) is 14.8. The summed E-state index contributed by atoms with van der Waals surface area (Å²) in [7, 11) is -2.50. The standard InChI is InChI=1S/C32H44O2Si/c1-5-6-7-8-9-12-17-28-22-24-29(25-23-28)33-26-27-34-35(32(2,3)4,30-18-13-10-14-19-30)31-20-15-11-16-21-31/h10-11,13-16,18-25H,5-9,12,17,26-27H2,1-4H3. The van der Waals surface area contributed by atoms with Crippen molar-refractivity contribution in [3.63, 3.8) is 0 Å². The lowest BCUT2D eigenvalue weighted by molar-refractivity contribution is 0.208. The Morgan fingerprint density at radius 1 is 0.629 bits per heavy atom. The van der Waals surface area contributed by atoms with Gasteiger partial charge in [0.05, 0.1) is 6.61 Å². The first-order chi connectivity index (χ1) is 17.0. The van der Waals surface area contributed by atoms with Crippen LogP contribution in [0.3, 0.4) is 0 Å². The second-order valence-electron chi connectivity index (χ2n) is 10.5. The lowest BCUT2D eigenvalue weighted by atomic mass is 10.0. The largest absolute Gasteiger partial charge is 0.491 e. The van der Waals surface area contributed by atoms with Crippen LogP contribution in [0, 0.1) is 0 Å². The van der Waals surface area contributed by atoms with Gasteiger partial charge in [0, 0.05) is 0 Å². The molecule has 0 saturated heterocycles. The molecule has 0 bridgehead atoms. The van der Waals surface area contributed by atoms with Crippen LogP contribution in [0.5, 0.6) is 5.75 Å². The summed E-state index contributed by atoms with van der Waals surface area (Å²) < 4.78 is 13.0. The number of ether oxygens (including phenoxy) is 1. The van der Waals surface area contributed by atoms with E-state index in [1.165, 1.54) is 54.5 Å². The molecule has 3 rings (SSSR count). The summed E-state index contributed by atoms with van der Waals surface area (Å²) in [6, 6.07) is 30.2. The van der Waals surface area contributed by atoms with Gasteiger partial charge in [-0.25, -0.2) is 0 Å². The Hall–Kier alpha value is -2.36. The van der Waals surface area contributed by atoms with Crippen LogP contribution in [0.2, 0.25) is 5.04 Å². The average molecular weight is 489 g/mol. The fourth-order valence-corrected chi connectivity index (χ4v) is 9.52. The summed E-state index contributed by atoms with van der Waals surface area (Å²) in [5.74, 6) is 0.919. The molecule has 0 aliphatic rings. The van der Waals surface area contributed by atoms with E-state index in [0.717, 1.165) is 12.2 Å². The van der Waals surface area contributed by atoms with Crippen molar-refractivity contribution in [1.29, 1.82) is 0 Å². The Labute approximate surface area is 214 Å². The molecule has 3 aromatic carbocycles. The van der Waals surface area contributed by atoms with Crippen LogP contribution in [0.1, 0.15) is 71.8 Å². The van der Waals surface area contributed by atoms with E-state index in [1.54, 1.807) is 0 Å². The van der Waals surface area contributed by atoms with Crippen molar-refractivity contribution in [2.24, 2.45) is 0 Å². The normalized spacial score (nSPS) is 12.0. The van der Waals surface area contributed by atoms with Crippen molar-refractivity contribution in [3.05, 3.63) is 90.5 Å². The summed E-state index contributed by atoms with van der Waals surface area (Å²) in [5.41, 5.74) is 1.40. The van der Waals surface area contributed by atoms with Gasteiger partial charge in [-0.15, -0.1) is 0 Å². The van der Waals surface area contributed by atoms with Gasteiger partial charge < -0.3 is 9.16 Å². The molecule has 3 heteroatoms. The third-order valence-electron chi connectivity index (χ3n) is 6.83. The minimum absolute atomic E-state index is 0.0199. The molecule has 0 fully saturated rings. The summed E-state index contributed by atoms with van der Waals surface area (Å²) >= 11 is 0. The highest BCUT2D eigenvalue weighted by Crippen LogP contribution is 2.36. The SMILES string of the molecule is CCCCCCCCc1ccc(OCCO[Si](c2ccccc2)(c2ccccc2)C(C)(C)C)cc1. The van der Waals surface area contributed by atoms with Gasteiger partial charge >= 0.3 is 0 Å². The molecule has 35 heavy (non-hydrogen) atoms. The van der Waals surface area contributed by atoms with E-state index >= 15 is 0 Å². The van der Waals surface area contributed by atoms with E-state index in [4.69, 9.17) is 9.16 Å². The maximum atomic E-state index is 6.92. The Kier molecular flexibility index (Phi) is 10.6. The van der Waals surface area contributed by atoms with Crippen molar-refractivity contribution in [2.75, 3.05) is 13.2 Å². The van der Waals surface area contributed by atoms with Crippen LogP contribution < -0.4 is 15.1 Å². The van der Waals surface area contributed by atoms with Crippen molar-refractivity contribution in [2.45, 2.75) is 77.7 Å². The molecule has 0 aliphatic carbocycles. The van der Waals surface area contributed by atoms with Gasteiger partial charge in [0.2, 0.25) is 0 Å². The lowest BCUT2D eigenvalue weighted by Crippen LogP contribution is -2.66. The Bertz CT molecular complexity index is 922. The van der Waals surface area contributed by atoms with E-state index in [0.29, 0.717) is 13.2 Å². The van der Waals surface area contributed by atoms with Crippen molar-refractivity contribution < 1.29 is 9.16 Å². The van der Waals surface area contributed by atoms with Crippen molar-refractivity contribution in [3.8, 4) is 5.75 Å². The van der Waals surface area contributed by atoms with E-state index in [-0.39, 0.29) is 5.04 Å². The Balaban J connectivity index is 1.59. The van der Waals surface area contributed by atoms with Gasteiger partial charge in [0.1, 0.15) is 12.4 Å². The summed E-state index contributed by atoms with van der Waals surface area (Å²) in [6.45, 7) is 10.3. The monoisotopic (exact) mass is 488 g/mol. The zero-order chi connectivity index (χ0) is 25.0. The van der Waals surface area contributed by atoms with Gasteiger partial charge in [-0.1, -0.05) is 133 Å². The molecule has 0 atom stereocenters. The average Bonchev–Trinajstić information content (AvgIpc) is 2.87. The first kappa shape index (κ1) is 27.2. The summed E-state index contributed by atoms with van der Waals surface area (Å²) in [5, 5.41) is 2.59. The smallest absolute Gasteiger partial charge is 0.261 e. The number of unbranched alkanes of at least 4 members (excludes halogenated alkanes) is 5. The van der Waals surface area contributed by atoms with Crippen molar-refractivity contribution >= 4 is 18.7 Å². The fourth-order valence-electron chi connectivity index (χ4n) is 4.98.